The number of carbonyl (C=O) groups excluding carboxylic acids is 2. The van der Waals surface area contributed by atoms with E-state index < -0.39 is 35.6 Å². The standard InChI is InChI=1S/C20H23FN2O4/c1-13(23-19(25)27-20(2,3)4)18(24)26-17(16-10-5-6-11-22-16)14-8-7-9-15(21)12-14/h5-13,17H,1-4H3,(H,23,25). The lowest BCUT2D eigenvalue weighted by Gasteiger charge is -2.23. The summed E-state index contributed by atoms with van der Waals surface area (Å²) in [6, 6.07) is 9.92. The summed E-state index contributed by atoms with van der Waals surface area (Å²) in [5, 5.41) is 2.43. The van der Waals surface area contributed by atoms with Gasteiger partial charge in [0.05, 0.1) is 5.69 Å². The number of esters is 1. The molecule has 1 aromatic heterocycles. The zero-order chi connectivity index (χ0) is 20.0. The number of hydrogen-bond acceptors (Lipinski definition) is 5. The summed E-state index contributed by atoms with van der Waals surface area (Å²) in [6.07, 6.45) is -0.0814. The monoisotopic (exact) mass is 374 g/mol. The maximum Gasteiger partial charge on any atom is 0.408 e. The van der Waals surface area contributed by atoms with Crippen LogP contribution in [0.15, 0.2) is 48.7 Å². The maximum atomic E-state index is 13.6. The lowest BCUT2D eigenvalue weighted by atomic mass is 10.1. The molecule has 2 atom stereocenters. The highest BCUT2D eigenvalue weighted by atomic mass is 19.1. The highest BCUT2D eigenvalue weighted by Crippen LogP contribution is 2.25. The Hall–Kier alpha value is -2.96. The van der Waals surface area contributed by atoms with E-state index >= 15 is 0 Å². The number of pyridine rings is 1. The van der Waals surface area contributed by atoms with E-state index in [-0.39, 0.29) is 0 Å². The van der Waals surface area contributed by atoms with E-state index in [9.17, 15) is 14.0 Å². The van der Waals surface area contributed by atoms with Crippen molar-refractivity contribution in [2.75, 3.05) is 0 Å². The number of alkyl carbamates (subject to hydrolysis) is 1. The summed E-state index contributed by atoms with van der Waals surface area (Å²) in [5.74, 6) is -1.15. The molecule has 1 aromatic carbocycles. The minimum Gasteiger partial charge on any atom is -0.449 e. The van der Waals surface area contributed by atoms with Crippen molar-refractivity contribution >= 4 is 12.1 Å². The Balaban J connectivity index is 2.15. The van der Waals surface area contributed by atoms with Crippen molar-refractivity contribution in [1.82, 2.24) is 10.3 Å². The number of benzene rings is 1. The first-order valence-electron chi connectivity index (χ1n) is 8.52. The molecule has 0 aliphatic carbocycles. The Labute approximate surface area is 157 Å². The van der Waals surface area contributed by atoms with Crippen LogP contribution >= 0.6 is 0 Å². The van der Waals surface area contributed by atoms with Gasteiger partial charge in [0.2, 0.25) is 0 Å². The Morgan fingerprint density at radius 3 is 2.48 bits per heavy atom. The number of aromatic nitrogens is 1. The van der Waals surface area contributed by atoms with Crippen LogP contribution in [0.2, 0.25) is 0 Å². The van der Waals surface area contributed by atoms with Crippen LogP contribution < -0.4 is 5.32 Å². The topological polar surface area (TPSA) is 77.5 Å². The number of rotatable bonds is 5. The second-order valence-corrected chi connectivity index (χ2v) is 6.99. The van der Waals surface area contributed by atoms with Gasteiger partial charge in [-0.15, -0.1) is 0 Å². The molecule has 0 saturated heterocycles. The normalized spacial score (nSPS) is 13.4. The molecular weight excluding hydrogens is 351 g/mol. The van der Waals surface area contributed by atoms with Gasteiger partial charge in [-0.25, -0.2) is 14.0 Å². The van der Waals surface area contributed by atoms with Crippen molar-refractivity contribution in [3.8, 4) is 0 Å². The molecule has 0 spiro atoms. The molecular formula is C20H23FN2O4. The van der Waals surface area contributed by atoms with E-state index in [0.717, 1.165) is 0 Å². The van der Waals surface area contributed by atoms with E-state index in [1.807, 2.05) is 0 Å². The molecule has 0 fully saturated rings. The molecule has 6 nitrogen and oxygen atoms in total. The second kappa shape index (κ2) is 8.62. The van der Waals surface area contributed by atoms with Gasteiger partial charge in [0.1, 0.15) is 17.5 Å². The molecule has 2 aromatic rings. The van der Waals surface area contributed by atoms with Crippen molar-refractivity contribution < 1.29 is 23.5 Å². The SMILES string of the molecule is CC(NC(=O)OC(C)(C)C)C(=O)OC(c1cccc(F)c1)c1ccccn1. The Bertz CT molecular complexity index is 790. The Kier molecular flexibility index (Phi) is 6.50. The number of nitrogens with zero attached hydrogens (tertiary/aromatic N) is 1. The van der Waals surface area contributed by atoms with Crippen LogP contribution in [0.4, 0.5) is 9.18 Å². The predicted molar refractivity (Wildman–Crippen MR) is 97.4 cm³/mol. The van der Waals surface area contributed by atoms with Gasteiger partial charge in [-0.05, 0) is 52.0 Å². The van der Waals surface area contributed by atoms with Gasteiger partial charge >= 0.3 is 12.1 Å². The van der Waals surface area contributed by atoms with Crippen molar-refractivity contribution in [3.63, 3.8) is 0 Å². The third-order valence-electron chi connectivity index (χ3n) is 3.43. The minimum absolute atomic E-state index is 0.437. The molecule has 0 bridgehead atoms. The highest BCUT2D eigenvalue weighted by molar-refractivity contribution is 5.81. The molecule has 27 heavy (non-hydrogen) atoms. The molecule has 0 saturated carbocycles. The maximum absolute atomic E-state index is 13.6. The predicted octanol–water partition coefficient (Wildman–Crippen LogP) is 3.77. The molecule has 144 valence electrons. The number of amides is 1. The molecule has 2 unspecified atom stereocenters. The van der Waals surface area contributed by atoms with Gasteiger partial charge in [0, 0.05) is 11.8 Å². The fraction of sp³-hybridized carbons (Fsp3) is 0.350. The third-order valence-corrected chi connectivity index (χ3v) is 3.43. The summed E-state index contributed by atoms with van der Waals surface area (Å²) < 4.78 is 24.3. The number of carbonyl (C=O) groups is 2. The van der Waals surface area contributed by atoms with Crippen LogP contribution in [-0.4, -0.2) is 28.7 Å². The molecule has 1 N–H and O–H groups in total. The lowest BCUT2D eigenvalue weighted by molar-refractivity contribution is -0.149. The highest BCUT2D eigenvalue weighted by Gasteiger charge is 2.26. The summed E-state index contributed by atoms with van der Waals surface area (Å²) in [6.45, 7) is 6.64. The average molecular weight is 374 g/mol. The molecule has 0 radical (unpaired) electrons. The summed E-state index contributed by atoms with van der Waals surface area (Å²) in [5.41, 5.74) is 0.193. The summed E-state index contributed by atoms with van der Waals surface area (Å²) >= 11 is 0. The van der Waals surface area contributed by atoms with E-state index in [4.69, 9.17) is 9.47 Å². The summed E-state index contributed by atoms with van der Waals surface area (Å²) in [4.78, 5) is 28.5. The fourth-order valence-electron chi connectivity index (χ4n) is 2.26. The zero-order valence-corrected chi connectivity index (χ0v) is 15.7. The van der Waals surface area contributed by atoms with E-state index in [1.54, 1.807) is 51.2 Å². The van der Waals surface area contributed by atoms with E-state index in [1.165, 1.54) is 25.1 Å². The summed E-state index contributed by atoms with van der Waals surface area (Å²) in [7, 11) is 0. The number of halogens is 1. The first-order valence-corrected chi connectivity index (χ1v) is 8.52. The van der Waals surface area contributed by atoms with Crippen LogP contribution in [0.5, 0.6) is 0 Å². The second-order valence-electron chi connectivity index (χ2n) is 6.99. The Morgan fingerprint density at radius 1 is 1.15 bits per heavy atom. The number of nitrogens with one attached hydrogen (secondary N) is 1. The first kappa shape index (κ1) is 20.4. The van der Waals surface area contributed by atoms with Crippen LogP contribution in [0.25, 0.3) is 0 Å². The molecule has 0 aliphatic rings. The van der Waals surface area contributed by atoms with Crippen LogP contribution in [-0.2, 0) is 14.3 Å². The van der Waals surface area contributed by atoms with Crippen LogP contribution in [0.3, 0.4) is 0 Å². The number of ether oxygens (including phenoxy) is 2. The van der Waals surface area contributed by atoms with Gasteiger partial charge in [0.15, 0.2) is 6.10 Å². The van der Waals surface area contributed by atoms with E-state index in [0.29, 0.717) is 11.3 Å². The van der Waals surface area contributed by atoms with Gasteiger partial charge < -0.3 is 14.8 Å². The molecule has 2 rings (SSSR count). The van der Waals surface area contributed by atoms with Crippen LogP contribution in [0.1, 0.15) is 45.1 Å². The van der Waals surface area contributed by atoms with Gasteiger partial charge in [-0.3, -0.25) is 4.98 Å². The molecule has 7 heteroatoms. The minimum atomic E-state index is -0.959. The molecule has 0 aliphatic heterocycles. The van der Waals surface area contributed by atoms with Gasteiger partial charge in [-0.1, -0.05) is 18.2 Å². The molecule has 1 amide bonds. The smallest absolute Gasteiger partial charge is 0.408 e. The molecule has 1 heterocycles. The first-order chi connectivity index (χ1) is 12.7. The lowest BCUT2D eigenvalue weighted by Crippen LogP contribution is -2.42. The van der Waals surface area contributed by atoms with Crippen molar-refractivity contribution in [2.24, 2.45) is 0 Å². The van der Waals surface area contributed by atoms with Gasteiger partial charge in [-0.2, -0.15) is 0 Å². The zero-order valence-electron chi connectivity index (χ0n) is 15.7. The van der Waals surface area contributed by atoms with Crippen molar-refractivity contribution in [1.29, 1.82) is 0 Å². The van der Waals surface area contributed by atoms with Gasteiger partial charge in [0.25, 0.3) is 0 Å². The van der Waals surface area contributed by atoms with Crippen molar-refractivity contribution in [3.05, 3.63) is 65.7 Å². The number of hydrogen-bond donors (Lipinski definition) is 1. The fourth-order valence-corrected chi connectivity index (χ4v) is 2.26. The largest absolute Gasteiger partial charge is 0.449 e. The Morgan fingerprint density at radius 2 is 1.89 bits per heavy atom. The van der Waals surface area contributed by atoms with Crippen LogP contribution in [0, 0.1) is 5.82 Å². The average Bonchev–Trinajstić information content (AvgIpc) is 2.58. The van der Waals surface area contributed by atoms with E-state index in [2.05, 4.69) is 10.3 Å². The third kappa shape index (κ3) is 6.36. The van der Waals surface area contributed by atoms with Crippen molar-refractivity contribution in [2.45, 2.75) is 45.4 Å². The quantitative estimate of drug-likeness (QED) is 0.806.